The summed E-state index contributed by atoms with van der Waals surface area (Å²) in [5.74, 6) is -6.21. The Bertz CT molecular complexity index is 1070. The fourth-order valence-electron chi connectivity index (χ4n) is 6.03. The van der Waals surface area contributed by atoms with Gasteiger partial charge in [0.25, 0.3) is 0 Å². The Kier molecular flexibility index (Phi) is 30.2. The van der Waals surface area contributed by atoms with Crippen molar-refractivity contribution in [3.05, 3.63) is 0 Å². The summed E-state index contributed by atoms with van der Waals surface area (Å²) in [5, 5.41) is 0. The molecule has 0 unspecified atom stereocenters. The normalized spacial score (nSPS) is 20.7. The molecule has 4 saturated carbocycles. The van der Waals surface area contributed by atoms with E-state index in [1.807, 2.05) is 27.7 Å². The summed E-state index contributed by atoms with van der Waals surface area (Å²) in [6.45, 7) is 17.1. The van der Waals surface area contributed by atoms with Gasteiger partial charge in [-0.15, -0.1) is 0 Å². The minimum Gasteiger partial charge on any atom is -0.465 e. The fourth-order valence-corrected chi connectivity index (χ4v) is 6.03. The van der Waals surface area contributed by atoms with Crippen LogP contribution in [0.1, 0.15) is 185 Å². The summed E-state index contributed by atoms with van der Waals surface area (Å²) in [6.07, 6.45) is 9.29. The van der Waals surface area contributed by atoms with E-state index in [4.69, 9.17) is 14.2 Å². The smallest absolute Gasteiger partial charge is 0.376 e. The van der Waals surface area contributed by atoms with E-state index in [0.717, 1.165) is 50.4 Å². The van der Waals surface area contributed by atoms with E-state index in [0.29, 0.717) is 19.8 Å². The predicted molar refractivity (Wildman–Crippen MR) is 218 cm³/mol. The summed E-state index contributed by atoms with van der Waals surface area (Å²) < 4.78 is 69.3. The van der Waals surface area contributed by atoms with Gasteiger partial charge in [0.1, 0.15) is 18.8 Å². The molecule has 0 amide bonds. The highest BCUT2D eigenvalue weighted by molar-refractivity contribution is 5.77. The van der Waals surface area contributed by atoms with Crippen LogP contribution in [0, 0.1) is 34.0 Å². The van der Waals surface area contributed by atoms with Crippen molar-refractivity contribution in [2.45, 2.75) is 202 Å². The van der Waals surface area contributed by atoms with E-state index in [2.05, 4.69) is 11.7 Å². The number of carbonyl (C=O) groups excluding carboxylic acids is 4. The molecule has 0 saturated heterocycles. The van der Waals surface area contributed by atoms with Gasteiger partial charge in [-0.25, -0.2) is 13.6 Å². The highest BCUT2D eigenvalue weighted by Gasteiger charge is 2.54. The average Bonchev–Trinajstić information content (AvgIpc) is 2.97. The van der Waals surface area contributed by atoms with Crippen LogP contribution in [0.4, 0.5) is 17.6 Å². The number of esters is 4. The Morgan fingerprint density at radius 1 is 0.509 bits per heavy atom. The zero-order valence-corrected chi connectivity index (χ0v) is 31.7. The summed E-state index contributed by atoms with van der Waals surface area (Å²) in [7, 11) is 0. The topological polar surface area (TPSA) is 105 Å². The minimum absolute atomic E-state index is 0. The molecule has 0 radical (unpaired) electrons. The Balaban J connectivity index is -0.000000157. The summed E-state index contributed by atoms with van der Waals surface area (Å²) in [4.78, 5) is 45.7. The van der Waals surface area contributed by atoms with Gasteiger partial charge in [0.05, 0.1) is 22.9 Å². The molecular weight excluding hydrogens is 720 g/mol. The first-order chi connectivity index (χ1) is 22.2. The second-order valence-electron chi connectivity index (χ2n) is 16.3. The SMILES string of the molecule is C.C.C.C.C.C.CCC(C)(C)C(=O)OC12CC3CC(CC(C3)C1)C2.CCC(C)(C)C(=O)OCCC(C)(F)F.CCC(C)(C)C(=O)OCCOC(=O)C(C)(F)F. The lowest BCUT2D eigenvalue weighted by atomic mass is 9.54. The Morgan fingerprint density at radius 2 is 0.800 bits per heavy atom. The second kappa shape index (κ2) is 25.8. The first-order valence-corrected chi connectivity index (χ1v) is 17.7. The van der Waals surface area contributed by atoms with Crippen LogP contribution >= 0.6 is 0 Å². The maximum Gasteiger partial charge on any atom is 0.376 e. The number of hydrogen-bond donors (Lipinski definition) is 0. The first kappa shape index (κ1) is 64.5. The fraction of sp³-hybridized carbons (Fsp3) is 0.907. The van der Waals surface area contributed by atoms with Crippen molar-refractivity contribution in [1.82, 2.24) is 0 Å². The van der Waals surface area contributed by atoms with Crippen molar-refractivity contribution in [2.24, 2.45) is 34.0 Å². The summed E-state index contributed by atoms with van der Waals surface area (Å²) in [6, 6.07) is 0. The summed E-state index contributed by atoms with van der Waals surface area (Å²) >= 11 is 0. The summed E-state index contributed by atoms with van der Waals surface area (Å²) in [5.41, 5.74) is -1.59. The van der Waals surface area contributed by atoms with Crippen LogP contribution in [0.2, 0.25) is 0 Å². The van der Waals surface area contributed by atoms with Crippen LogP contribution in [0.25, 0.3) is 0 Å². The molecule has 4 rings (SSSR count). The third-order valence-corrected chi connectivity index (χ3v) is 10.3. The van der Waals surface area contributed by atoms with Crippen LogP contribution < -0.4 is 0 Å². The Hall–Kier alpha value is -2.40. The van der Waals surface area contributed by atoms with Crippen molar-refractivity contribution in [3.8, 4) is 0 Å². The van der Waals surface area contributed by atoms with Gasteiger partial charge in [-0.1, -0.05) is 65.3 Å². The number of ether oxygens (including phenoxy) is 4. The van der Waals surface area contributed by atoms with Gasteiger partial charge in [-0.3, -0.25) is 14.4 Å². The molecular formula is C43H86F4O8. The van der Waals surface area contributed by atoms with E-state index < -0.39 is 47.0 Å². The molecule has 12 heteroatoms. The lowest BCUT2D eigenvalue weighted by Crippen LogP contribution is -2.53. The molecule has 8 nitrogen and oxygen atoms in total. The van der Waals surface area contributed by atoms with E-state index in [-0.39, 0.29) is 81.4 Å². The molecule has 4 bridgehead atoms. The lowest BCUT2D eigenvalue weighted by Gasteiger charge is -2.56. The average molecular weight is 807 g/mol. The molecule has 0 aromatic heterocycles. The highest BCUT2D eigenvalue weighted by Crippen LogP contribution is 2.57. The maximum absolute atomic E-state index is 12.4. The van der Waals surface area contributed by atoms with Crippen LogP contribution in [0.3, 0.4) is 0 Å². The molecule has 0 aliphatic heterocycles. The number of alkyl halides is 4. The number of halogens is 4. The van der Waals surface area contributed by atoms with Gasteiger partial charge in [0.15, 0.2) is 0 Å². The predicted octanol–water partition coefficient (Wildman–Crippen LogP) is 12.9. The maximum atomic E-state index is 12.4. The van der Waals surface area contributed by atoms with E-state index in [1.165, 1.54) is 19.3 Å². The lowest BCUT2D eigenvalue weighted by molar-refractivity contribution is -0.196. The molecule has 0 N–H and O–H groups in total. The van der Waals surface area contributed by atoms with Crippen LogP contribution in [-0.2, 0) is 38.1 Å². The number of rotatable bonds is 14. The molecule has 4 aliphatic carbocycles. The molecule has 4 aliphatic rings. The monoisotopic (exact) mass is 807 g/mol. The van der Waals surface area contributed by atoms with Crippen molar-refractivity contribution in [2.75, 3.05) is 19.8 Å². The molecule has 0 atom stereocenters. The van der Waals surface area contributed by atoms with Gasteiger partial charge < -0.3 is 18.9 Å². The Labute approximate surface area is 335 Å². The zero-order chi connectivity index (χ0) is 38.1. The van der Waals surface area contributed by atoms with Crippen LogP contribution in [0.5, 0.6) is 0 Å². The molecule has 0 aromatic carbocycles. The van der Waals surface area contributed by atoms with E-state index in [1.54, 1.807) is 27.7 Å². The van der Waals surface area contributed by atoms with Crippen molar-refractivity contribution in [1.29, 1.82) is 0 Å². The highest BCUT2D eigenvalue weighted by atomic mass is 19.3. The zero-order valence-electron chi connectivity index (χ0n) is 31.7. The van der Waals surface area contributed by atoms with Gasteiger partial charge in [0.2, 0.25) is 5.92 Å². The second-order valence-corrected chi connectivity index (χ2v) is 16.3. The van der Waals surface area contributed by atoms with Crippen LogP contribution in [0.15, 0.2) is 0 Å². The van der Waals surface area contributed by atoms with Gasteiger partial charge >= 0.3 is 29.8 Å². The first-order valence-electron chi connectivity index (χ1n) is 17.7. The minimum atomic E-state index is -3.52. The quantitative estimate of drug-likeness (QED) is 0.0739. The molecule has 55 heavy (non-hydrogen) atoms. The molecule has 0 heterocycles. The number of hydrogen-bond acceptors (Lipinski definition) is 8. The van der Waals surface area contributed by atoms with E-state index in [9.17, 15) is 36.7 Å². The van der Waals surface area contributed by atoms with Gasteiger partial charge in [0, 0.05) is 13.3 Å². The Morgan fingerprint density at radius 3 is 1.09 bits per heavy atom. The van der Waals surface area contributed by atoms with Crippen molar-refractivity contribution >= 4 is 23.9 Å². The molecule has 4 fully saturated rings. The molecule has 334 valence electrons. The standard InChI is InChI=1S/C16H26O2.C11H18F2O4.C10H18F2O2.6CH4/c1-4-15(2,3)14(17)18-16-8-11-5-12(9-16)7-13(6-11)10-16;1-5-10(2,3)8(14)16-6-7-17-9(15)11(4,12)13;1-5-9(2,3)8(13)14-7-6-10(4,11)12;;;;;;/h11-13H,4-10H2,1-3H3;5-7H2,1-4H3;5-7H2,1-4H3;6*1H4. The van der Waals surface area contributed by atoms with E-state index >= 15 is 0 Å². The van der Waals surface area contributed by atoms with Crippen molar-refractivity contribution in [3.63, 3.8) is 0 Å². The molecule has 0 aromatic rings. The third-order valence-electron chi connectivity index (χ3n) is 10.3. The third kappa shape index (κ3) is 21.6. The van der Waals surface area contributed by atoms with Gasteiger partial charge in [-0.05, 0) is 124 Å². The van der Waals surface area contributed by atoms with Crippen molar-refractivity contribution < 1.29 is 55.7 Å². The van der Waals surface area contributed by atoms with Gasteiger partial charge in [-0.2, -0.15) is 8.78 Å². The number of carbonyl (C=O) groups is 4. The molecule has 0 spiro atoms. The van der Waals surface area contributed by atoms with Crippen LogP contribution in [-0.4, -0.2) is 61.1 Å². The largest absolute Gasteiger partial charge is 0.465 e.